The molecule has 0 aromatic carbocycles. The normalized spacial score (nSPS) is 13.1. The maximum absolute atomic E-state index is 11.7. The van der Waals surface area contributed by atoms with E-state index >= 15 is 0 Å². The molecule has 7 nitrogen and oxygen atoms in total. The van der Waals surface area contributed by atoms with Crippen molar-refractivity contribution in [2.24, 2.45) is 5.92 Å². The molecule has 0 rings (SSSR count). The van der Waals surface area contributed by atoms with Gasteiger partial charge in [0.1, 0.15) is 15.9 Å². The quantitative estimate of drug-likeness (QED) is 0.599. The average Bonchev–Trinajstić information content (AvgIpc) is 2.18. The molecule has 18 heavy (non-hydrogen) atoms. The zero-order chi connectivity index (χ0) is 14.3. The molecule has 1 atom stereocenters. The van der Waals surface area contributed by atoms with E-state index in [1.165, 1.54) is 0 Å². The van der Waals surface area contributed by atoms with E-state index in [0.717, 1.165) is 6.26 Å². The topological polar surface area (TPSA) is 113 Å². The van der Waals surface area contributed by atoms with E-state index < -0.39 is 27.9 Å². The molecule has 0 aromatic rings. The van der Waals surface area contributed by atoms with Crippen LogP contribution in [0, 0.1) is 5.92 Å². The van der Waals surface area contributed by atoms with Crippen molar-refractivity contribution < 1.29 is 23.1 Å². The molecule has 0 saturated carbocycles. The highest BCUT2D eigenvalue weighted by molar-refractivity contribution is 7.90. The Hall–Kier alpha value is -1.31. The van der Waals surface area contributed by atoms with E-state index in [0.29, 0.717) is 6.54 Å². The Morgan fingerprint density at radius 1 is 1.28 bits per heavy atom. The molecule has 0 radical (unpaired) electrons. The minimum absolute atomic E-state index is 0.0743. The summed E-state index contributed by atoms with van der Waals surface area (Å²) in [5.41, 5.74) is 0. The lowest BCUT2D eigenvalue weighted by molar-refractivity contribution is -0.123. The van der Waals surface area contributed by atoms with Gasteiger partial charge in [0.05, 0.1) is 5.75 Å². The Labute approximate surface area is 107 Å². The summed E-state index contributed by atoms with van der Waals surface area (Å²) in [6, 6.07) is -1.05. The molecule has 2 amide bonds. The maximum Gasteiger partial charge on any atom is 0.405 e. The lowest BCUT2D eigenvalue weighted by atomic mass is 10.2. The number of sulfone groups is 1. The van der Waals surface area contributed by atoms with Crippen molar-refractivity contribution in [2.45, 2.75) is 26.3 Å². The average molecular weight is 280 g/mol. The van der Waals surface area contributed by atoms with E-state index in [4.69, 9.17) is 5.11 Å². The van der Waals surface area contributed by atoms with Crippen molar-refractivity contribution >= 4 is 21.8 Å². The smallest absolute Gasteiger partial charge is 0.405 e. The molecular weight excluding hydrogens is 260 g/mol. The molecule has 0 fully saturated rings. The predicted molar refractivity (Wildman–Crippen MR) is 67.1 cm³/mol. The van der Waals surface area contributed by atoms with Crippen LogP contribution < -0.4 is 10.6 Å². The first kappa shape index (κ1) is 16.7. The Morgan fingerprint density at radius 3 is 2.22 bits per heavy atom. The fraction of sp³-hybridized carbons (Fsp3) is 0.800. The minimum Gasteiger partial charge on any atom is -0.465 e. The maximum atomic E-state index is 11.7. The monoisotopic (exact) mass is 280 g/mol. The van der Waals surface area contributed by atoms with Crippen LogP contribution in [0.1, 0.15) is 20.3 Å². The number of nitrogens with one attached hydrogen (secondary N) is 2. The van der Waals surface area contributed by atoms with Gasteiger partial charge in [0.25, 0.3) is 0 Å². The Kier molecular flexibility index (Phi) is 6.67. The lowest BCUT2D eigenvalue weighted by Gasteiger charge is -2.17. The number of carbonyl (C=O) groups is 2. The molecule has 0 unspecified atom stereocenters. The highest BCUT2D eigenvalue weighted by atomic mass is 32.2. The van der Waals surface area contributed by atoms with Gasteiger partial charge in [0, 0.05) is 12.8 Å². The van der Waals surface area contributed by atoms with E-state index in [1.54, 1.807) is 0 Å². The Bertz CT molecular complexity index is 391. The van der Waals surface area contributed by atoms with E-state index in [1.807, 2.05) is 19.2 Å². The van der Waals surface area contributed by atoms with Gasteiger partial charge in [0.2, 0.25) is 5.91 Å². The van der Waals surface area contributed by atoms with Crippen molar-refractivity contribution in [3.8, 4) is 0 Å². The summed E-state index contributed by atoms with van der Waals surface area (Å²) in [5.74, 6) is -0.517. The van der Waals surface area contributed by atoms with Gasteiger partial charge < -0.3 is 15.7 Å². The van der Waals surface area contributed by atoms with Crippen LogP contribution in [-0.4, -0.2) is 50.1 Å². The molecule has 3 N–H and O–H groups in total. The zero-order valence-corrected chi connectivity index (χ0v) is 11.6. The molecule has 0 spiro atoms. The molecular formula is C10H20N2O5S. The number of hydrogen-bond acceptors (Lipinski definition) is 4. The summed E-state index contributed by atoms with van der Waals surface area (Å²) in [7, 11) is -3.23. The first-order valence-electron chi connectivity index (χ1n) is 5.56. The number of rotatable bonds is 7. The van der Waals surface area contributed by atoms with Gasteiger partial charge in [-0.2, -0.15) is 0 Å². The standard InChI is InChI=1S/C10H20N2O5S/c1-7(2)6-11-9(13)8(12-10(14)15)4-5-18(3,16)17/h7-8,12H,4-6H2,1-3H3,(H,11,13)(H,14,15)/t8-/m0/s1. The molecule has 0 aliphatic heterocycles. The fourth-order valence-electron chi connectivity index (χ4n) is 1.18. The third-order valence-corrected chi connectivity index (χ3v) is 3.05. The molecule has 0 aliphatic carbocycles. The molecule has 0 aliphatic rings. The van der Waals surface area contributed by atoms with Crippen LogP contribution in [0.15, 0.2) is 0 Å². The fourth-order valence-corrected chi connectivity index (χ4v) is 1.84. The number of hydrogen-bond donors (Lipinski definition) is 3. The van der Waals surface area contributed by atoms with Crippen molar-refractivity contribution in [1.82, 2.24) is 10.6 Å². The third kappa shape index (κ3) is 8.80. The van der Waals surface area contributed by atoms with Crippen LogP contribution in [-0.2, 0) is 14.6 Å². The predicted octanol–water partition coefficient (Wildman–Crippen LogP) is -0.170. The van der Waals surface area contributed by atoms with E-state index in [9.17, 15) is 18.0 Å². The minimum atomic E-state index is -3.23. The molecule has 8 heteroatoms. The summed E-state index contributed by atoms with van der Waals surface area (Å²) in [5, 5.41) is 13.2. The van der Waals surface area contributed by atoms with Gasteiger partial charge >= 0.3 is 6.09 Å². The summed E-state index contributed by atoms with van der Waals surface area (Å²) >= 11 is 0. The first-order chi connectivity index (χ1) is 8.11. The molecule has 0 saturated heterocycles. The van der Waals surface area contributed by atoms with Gasteiger partial charge in [-0.05, 0) is 12.3 Å². The van der Waals surface area contributed by atoms with E-state index in [2.05, 4.69) is 5.32 Å². The van der Waals surface area contributed by atoms with Crippen LogP contribution in [0.5, 0.6) is 0 Å². The number of amides is 2. The molecule has 0 heterocycles. The highest BCUT2D eigenvalue weighted by Gasteiger charge is 2.21. The van der Waals surface area contributed by atoms with Crippen molar-refractivity contribution in [2.75, 3.05) is 18.6 Å². The third-order valence-electron chi connectivity index (χ3n) is 2.08. The molecule has 106 valence electrons. The van der Waals surface area contributed by atoms with Gasteiger partial charge in [-0.1, -0.05) is 13.8 Å². The van der Waals surface area contributed by atoms with Crippen molar-refractivity contribution in [1.29, 1.82) is 0 Å². The zero-order valence-electron chi connectivity index (χ0n) is 10.8. The SMILES string of the molecule is CC(C)CNC(=O)[C@H](CCS(C)(=O)=O)NC(=O)O. The van der Waals surface area contributed by atoms with Crippen LogP contribution in [0.3, 0.4) is 0 Å². The van der Waals surface area contributed by atoms with Crippen molar-refractivity contribution in [3.05, 3.63) is 0 Å². The van der Waals surface area contributed by atoms with Crippen LogP contribution in [0.25, 0.3) is 0 Å². The second kappa shape index (κ2) is 7.20. The van der Waals surface area contributed by atoms with Gasteiger partial charge in [-0.25, -0.2) is 13.2 Å². The van der Waals surface area contributed by atoms with Crippen LogP contribution in [0.2, 0.25) is 0 Å². The summed E-state index contributed by atoms with van der Waals surface area (Å²) in [4.78, 5) is 22.2. The van der Waals surface area contributed by atoms with Crippen LogP contribution >= 0.6 is 0 Å². The largest absolute Gasteiger partial charge is 0.465 e. The summed E-state index contributed by atoms with van der Waals surface area (Å²) < 4.78 is 22.0. The summed E-state index contributed by atoms with van der Waals surface area (Å²) in [6.07, 6.45) is -0.389. The first-order valence-corrected chi connectivity index (χ1v) is 7.62. The van der Waals surface area contributed by atoms with Gasteiger partial charge in [0.15, 0.2) is 0 Å². The van der Waals surface area contributed by atoms with Crippen molar-refractivity contribution in [3.63, 3.8) is 0 Å². The molecule has 0 bridgehead atoms. The lowest BCUT2D eigenvalue weighted by Crippen LogP contribution is -2.47. The number of carbonyl (C=O) groups excluding carboxylic acids is 1. The van der Waals surface area contributed by atoms with Crippen LogP contribution in [0.4, 0.5) is 4.79 Å². The second-order valence-electron chi connectivity index (χ2n) is 4.56. The highest BCUT2D eigenvalue weighted by Crippen LogP contribution is 1.98. The van der Waals surface area contributed by atoms with Gasteiger partial charge in [-0.3, -0.25) is 4.79 Å². The van der Waals surface area contributed by atoms with E-state index in [-0.39, 0.29) is 18.1 Å². The molecule has 0 aromatic heterocycles. The summed E-state index contributed by atoms with van der Waals surface area (Å²) in [6.45, 7) is 4.21. The Balaban J connectivity index is 4.47. The Morgan fingerprint density at radius 2 is 1.83 bits per heavy atom. The number of carboxylic acid groups (broad SMARTS) is 1. The second-order valence-corrected chi connectivity index (χ2v) is 6.82. The van der Waals surface area contributed by atoms with Gasteiger partial charge in [-0.15, -0.1) is 0 Å².